The number of benzene rings is 2. The Morgan fingerprint density at radius 3 is 2.36 bits per heavy atom. The zero-order valence-corrected chi connectivity index (χ0v) is 15.0. The van der Waals surface area contributed by atoms with Crippen LogP contribution in [0, 0.1) is 0 Å². The zero-order chi connectivity index (χ0) is 17.7. The predicted molar refractivity (Wildman–Crippen MR) is 100 cm³/mol. The molecule has 1 amide bonds. The maximum Gasteiger partial charge on any atom is 0.410 e. The Balaban J connectivity index is 1.70. The van der Waals surface area contributed by atoms with Crippen LogP contribution in [0.4, 0.5) is 4.79 Å². The predicted octanol–water partition coefficient (Wildman–Crippen LogP) is 4.02. The second-order valence-corrected chi connectivity index (χ2v) is 6.91. The van der Waals surface area contributed by atoms with Gasteiger partial charge < -0.3 is 15.0 Å². The first-order valence-electron chi connectivity index (χ1n) is 8.91. The summed E-state index contributed by atoms with van der Waals surface area (Å²) in [5.41, 5.74) is 2.67. The van der Waals surface area contributed by atoms with E-state index in [1.807, 2.05) is 44.2 Å². The molecule has 0 radical (unpaired) electrons. The molecule has 2 aromatic rings. The standard InChI is InChI=1S/C21H26N2O2/c1-21(2,25-20(24)23-15-6-13-22-14-16-23)19-11-9-18(10-12-19)17-7-4-3-5-8-17/h3-5,7-12,22H,6,13-16H2,1-2H3. The van der Waals surface area contributed by atoms with Crippen LogP contribution in [-0.4, -0.2) is 37.2 Å². The third kappa shape index (κ3) is 4.40. The van der Waals surface area contributed by atoms with Gasteiger partial charge in [0.15, 0.2) is 0 Å². The van der Waals surface area contributed by atoms with Crippen LogP contribution in [0.5, 0.6) is 0 Å². The van der Waals surface area contributed by atoms with Gasteiger partial charge in [0.25, 0.3) is 0 Å². The fraction of sp³-hybridized carbons (Fsp3) is 0.381. The molecule has 1 fully saturated rings. The molecular weight excluding hydrogens is 312 g/mol. The Morgan fingerprint density at radius 2 is 1.64 bits per heavy atom. The lowest BCUT2D eigenvalue weighted by Gasteiger charge is -2.29. The fourth-order valence-corrected chi connectivity index (χ4v) is 3.06. The highest BCUT2D eigenvalue weighted by atomic mass is 16.6. The van der Waals surface area contributed by atoms with Crippen molar-refractivity contribution in [3.63, 3.8) is 0 Å². The van der Waals surface area contributed by atoms with Crippen LogP contribution in [-0.2, 0) is 10.3 Å². The van der Waals surface area contributed by atoms with Crippen LogP contribution >= 0.6 is 0 Å². The lowest BCUT2D eigenvalue weighted by molar-refractivity contribution is 0.0119. The van der Waals surface area contributed by atoms with E-state index in [4.69, 9.17) is 4.74 Å². The van der Waals surface area contributed by atoms with Crippen molar-refractivity contribution in [2.24, 2.45) is 0 Å². The summed E-state index contributed by atoms with van der Waals surface area (Å²) in [5.74, 6) is 0. The molecule has 0 aromatic heterocycles. The van der Waals surface area contributed by atoms with E-state index in [0.717, 1.165) is 37.2 Å². The van der Waals surface area contributed by atoms with E-state index in [9.17, 15) is 4.79 Å². The van der Waals surface area contributed by atoms with Crippen LogP contribution in [0.25, 0.3) is 11.1 Å². The Bertz CT molecular complexity index is 688. The molecule has 0 aliphatic carbocycles. The van der Waals surface area contributed by atoms with Crippen LogP contribution in [0.1, 0.15) is 25.8 Å². The Kier molecular flexibility index (Phi) is 5.39. The molecule has 1 saturated heterocycles. The van der Waals surface area contributed by atoms with Crippen molar-refractivity contribution < 1.29 is 9.53 Å². The summed E-state index contributed by atoms with van der Waals surface area (Å²) in [6.07, 6.45) is 0.724. The molecule has 0 spiro atoms. The number of hydrogen-bond donors (Lipinski definition) is 1. The summed E-state index contributed by atoms with van der Waals surface area (Å²) in [6.45, 7) is 7.10. The van der Waals surface area contributed by atoms with Gasteiger partial charge in [0, 0.05) is 19.6 Å². The largest absolute Gasteiger partial charge is 0.438 e. The van der Waals surface area contributed by atoms with E-state index in [0.29, 0.717) is 6.54 Å². The van der Waals surface area contributed by atoms with Crippen molar-refractivity contribution in [3.8, 4) is 11.1 Å². The quantitative estimate of drug-likeness (QED) is 0.919. The van der Waals surface area contributed by atoms with Crippen molar-refractivity contribution in [1.29, 1.82) is 0 Å². The van der Waals surface area contributed by atoms with Gasteiger partial charge >= 0.3 is 6.09 Å². The molecule has 4 heteroatoms. The minimum absolute atomic E-state index is 0.235. The highest BCUT2D eigenvalue weighted by Gasteiger charge is 2.28. The van der Waals surface area contributed by atoms with Gasteiger partial charge in [-0.15, -0.1) is 0 Å². The zero-order valence-electron chi connectivity index (χ0n) is 15.0. The normalized spacial score (nSPS) is 15.5. The van der Waals surface area contributed by atoms with E-state index in [1.165, 1.54) is 5.56 Å². The van der Waals surface area contributed by atoms with Crippen molar-refractivity contribution in [3.05, 3.63) is 60.2 Å². The van der Waals surface area contributed by atoms with Crippen LogP contribution < -0.4 is 5.32 Å². The second kappa shape index (κ2) is 7.70. The maximum absolute atomic E-state index is 12.5. The molecule has 25 heavy (non-hydrogen) atoms. The van der Waals surface area contributed by atoms with Crippen LogP contribution in [0.15, 0.2) is 54.6 Å². The van der Waals surface area contributed by atoms with Gasteiger partial charge in [0.05, 0.1) is 0 Å². The van der Waals surface area contributed by atoms with Gasteiger partial charge in [0.1, 0.15) is 5.60 Å². The van der Waals surface area contributed by atoms with Gasteiger partial charge in [-0.25, -0.2) is 4.79 Å². The number of ether oxygens (including phenoxy) is 1. The number of carbonyl (C=O) groups is 1. The van der Waals surface area contributed by atoms with Gasteiger partial charge in [-0.3, -0.25) is 0 Å². The maximum atomic E-state index is 12.5. The van der Waals surface area contributed by atoms with E-state index in [1.54, 1.807) is 4.90 Å². The minimum Gasteiger partial charge on any atom is -0.438 e. The monoisotopic (exact) mass is 338 g/mol. The molecule has 1 aliphatic heterocycles. The molecule has 1 aliphatic rings. The van der Waals surface area contributed by atoms with E-state index >= 15 is 0 Å². The number of nitrogens with one attached hydrogen (secondary N) is 1. The average Bonchev–Trinajstić information content (AvgIpc) is 2.92. The lowest BCUT2D eigenvalue weighted by atomic mass is 9.95. The summed E-state index contributed by atoms with van der Waals surface area (Å²) >= 11 is 0. The number of hydrogen-bond acceptors (Lipinski definition) is 3. The molecule has 1 heterocycles. The molecule has 0 saturated carbocycles. The van der Waals surface area contributed by atoms with Gasteiger partial charge in [-0.1, -0.05) is 54.6 Å². The molecule has 0 unspecified atom stereocenters. The molecule has 0 bridgehead atoms. The van der Waals surface area contributed by atoms with E-state index in [2.05, 4.69) is 29.6 Å². The second-order valence-electron chi connectivity index (χ2n) is 6.91. The Labute approximate surface area is 149 Å². The number of rotatable bonds is 3. The first kappa shape index (κ1) is 17.5. The first-order valence-corrected chi connectivity index (χ1v) is 8.91. The first-order chi connectivity index (χ1) is 12.1. The summed E-state index contributed by atoms with van der Waals surface area (Å²) in [6, 6.07) is 18.5. The molecule has 1 N–H and O–H groups in total. The summed E-state index contributed by atoms with van der Waals surface area (Å²) in [5, 5.41) is 3.30. The fourth-order valence-electron chi connectivity index (χ4n) is 3.06. The smallest absolute Gasteiger partial charge is 0.410 e. The summed E-state index contributed by atoms with van der Waals surface area (Å²) in [4.78, 5) is 14.3. The minimum atomic E-state index is -0.661. The van der Waals surface area contributed by atoms with Gasteiger partial charge in [-0.2, -0.15) is 0 Å². The summed E-state index contributed by atoms with van der Waals surface area (Å²) in [7, 11) is 0. The third-order valence-corrected chi connectivity index (χ3v) is 4.63. The lowest BCUT2D eigenvalue weighted by Crippen LogP contribution is -2.38. The highest BCUT2D eigenvalue weighted by molar-refractivity contribution is 5.68. The number of carbonyl (C=O) groups excluding carboxylic acids is 1. The molecule has 4 nitrogen and oxygen atoms in total. The van der Waals surface area contributed by atoms with E-state index < -0.39 is 5.60 Å². The molecule has 132 valence electrons. The van der Waals surface area contributed by atoms with Gasteiger partial charge in [-0.05, 0) is 43.5 Å². The molecule has 2 aromatic carbocycles. The number of amides is 1. The molecule has 3 rings (SSSR count). The van der Waals surface area contributed by atoms with Crippen molar-refractivity contribution in [2.45, 2.75) is 25.9 Å². The van der Waals surface area contributed by atoms with Crippen LogP contribution in [0.2, 0.25) is 0 Å². The molecule has 0 atom stereocenters. The van der Waals surface area contributed by atoms with Crippen molar-refractivity contribution in [1.82, 2.24) is 10.2 Å². The molecular formula is C21H26N2O2. The highest BCUT2D eigenvalue weighted by Crippen LogP contribution is 2.28. The number of nitrogens with zero attached hydrogens (tertiary/aromatic N) is 1. The summed E-state index contributed by atoms with van der Waals surface area (Å²) < 4.78 is 5.82. The average molecular weight is 338 g/mol. The van der Waals surface area contributed by atoms with Crippen molar-refractivity contribution >= 4 is 6.09 Å². The van der Waals surface area contributed by atoms with Crippen molar-refractivity contribution in [2.75, 3.05) is 26.2 Å². The van der Waals surface area contributed by atoms with Gasteiger partial charge in [0.2, 0.25) is 0 Å². The SMILES string of the molecule is CC(C)(OC(=O)N1CCCNCC1)c1ccc(-c2ccccc2)cc1. The Hall–Kier alpha value is -2.33. The van der Waals surface area contributed by atoms with E-state index in [-0.39, 0.29) is 6.09 Å². The third-order valence-electron chi connectivity index (χ3n) is 4.63. The topological polar surface area (TPSA) is 41.6 Å². The van der Waals surface area contributed by atoms with Crippen LogP contribution in [0.3, 0.4) is 0 Å². The Morgan fingerprint density at radius 1 is 0.960 bits per heavy atom.